The molecule has 0 bridgehead atoms. The Hall–Kier alpha value is -3.02. The van der Waals surface area contributed by atoms with E-state index in [1.165, 1.54) is 0 Å². The highest BCUT2D eigenvalue weighted by Crippen LogP contribution is 2.33. The van der Waals surface area contributed by atoms with Gasteiger partial charge in [-0.25, -0.2) is 0 Å². The molecule has 0 spiro atoms. The Labute approximate surface area is 139 Å². The van der Waals surface area contributed by atoms with Crippen LogP contribution in [0.15, 0.2) is 48.7 Å². The molecule has 0 fully saturated rings. The second kappa shape index (κ2) is 6.62. The van der Waals surface area contributed by atoms with Crippen LogP contribution < -0.4 is 9.47 Å². The van der Waals surface area contributed by atoms with Crippen LogP contribution in [0.4, 0.5) is 0 Å². The van der Waals surface area contributed by atoms with E-state index in [0.29, 0.717) is 0 Å². The average Bonchev–Trinajstić information content (AvgIpc) is 3.02. The van der Waals surface area contributed by atoms with Gasteiger partial charge in [-0.2, -0.15) is 0 Å². The van der Waals surface area contributed by atoms with E-state index in [1.54, 1.807) is 14.2 Å². The fourth-order valence-electron chi connectivity index (χ4n) is 2.91. The summed E-state index contributed by atoms with van der Waals surface area (Å²) in [5.74, 6) is 1.09. The van der Waals surface area contributed by atoms with Crippen molar-refractivity contribution in [3.05, 3.63) is 69.9 Å². The lowest BCUT2D eigenvalue weighted by atomic mass is 9.91. The maximum atomic E-state index is 11.2. The molecule has 1 unspecified atom stereocenters. The number of ether oxygens (including phenoxy) is 2. The van der Waals surface area contributed by atoms with Crippen molar-refractivity contribution in [2.24, 2.45) is 0 Å². The summed E-state index contributed by atoms with van der Waals surface area (Å²) in [6.07, 6.45) is 1.84. The molecule has 0 aliphatic carbocycles. The molecular formula is C18H18N2O4. The number of hydrogen-bond acceptors (Lipinski definition) is 4. The first-order valence-electron chi connectivity index (χ1n) is 7.53. The number of benzene rings is 2. The second-order valence-electron chi connectivity index (χ2n) is 5.50. The van der Waals surface area contributed by atoms with Gasteiger partial charge in [0.05, 0.1) is 20.1 Å². The standard InChI is InChI=1S/C18H18N2O4/c1-23-13-5-3-12(4-6-13)17(11-20(21)22)16-10-19-18-8-7-14(24-2)9-15(16)18/h3-10,17,19H,11H2,1-2H3. The minimum absolute atomic E-state index is 0.184. The molecule has 1 atom stereocenters. The summed E-state index contributed by atoms with van der Waals surface area (Å²) in [4.78, 5) is 14.1. The van der Waals surface area contributed by atoms with Crippen LogP contribution in [-0.2, 0) is 0 Å². The Balaban J connectivity index is 2.09. The van der Waals surface area contributed by atoms with E-state index in [1.807, 2.05) is 48.7 Å². The number of hydrogen-bond donors (Lipinski definition) is 1. The molecule has 0 saturated carbocycles. The van der Waals surface area contributed by atoms with Gasteiger partial charge < -0.3 is 14.5 Å². The van der Waals surface area contributed by atoms with Crippen LogP contribution >= 0.6 is 0 Å². The third-order valence-corrected chi connectivity index (χ3v) is 4.15. The summed E-state index contributed by atoms with van der Waals surface area (Å²) >= 11 is 0. The van der Waals surface area contributed by atoms with Crippen molar-refractivity contribution < 1.29 is 14.4 Å². The third-order valence-electron chi connectivity index (χ3n) is 4.15. The molecule has 3 rings (SSSR count). The lowest BCUT2D eigenvalue weighted by Crippen LogP contribution is -2.13. The molecule has 3 aromatic rings. The molecule has 2 aromatic carbocycles. The largest absolute Gasteiger partial charge is 0.497 e. The topological polar surface area (TPSA) is 77.4 Å². The van der Waals surface area contributed by atoms with Gasteiger partial charge in [-0.3, -0.25) is 10.1 Å². The Morgan fingerprint density at radius 1 is 1.08 bits per heavy atom. The SMILES string of the molecule is COc1ccc(C(C[N+](=O)[O-])c2c[nH]c3ccc(OC)cc23)cc1. The Morgan fingerprint density at radius 2 is 1.75 bits per heavy atom. The number of aromatic amines is 1. The maximum absolute atomic E-state index is 11.2. The van der Waals surface area contributed by atoms with Crippen LogP contribution in [-0.4, -0.2) is 30.7 Å². The summed E-state index contributed by atoms with van der Waals surface area (Å²) in [6, 6.07) is 13.0. The van der Waals surface area contributed by atoms with Crippen molar-refractivity contribution in [2.45, 2.75) is 5.92 Å². The fourth-order valence-corrected chi connectivity index (χ4v) is 2.91. The van der Waals surface area contributed by atoms with Gasteiger partial charge in [0, 0.05) is 22.0 Å². The van der Waals surface area contributed by atoms with Gasteiger partial charge in [-0.15, -0.1) is 0 Å². The summed E-state index contributed by atoms with van der Waals surface area (Å²) in [5, 5.41) is 12.1. The number of fused-ring (bicyclic) bond motifs is 1. The van der Waals surface area contributed by atoms with E-state index in [2.05, 4.69) is 4.98 Å². The van der Waals surface area contributed by atoms with Crippen molar-refractivity contribution in [1.29, 1.82) is 0 Å². The Bertz CT molecular complexity index is 855. The molecule has 0 aliphatic heterocycles. The lowest BCUT2D eigenvalue weighted by Gasteiger charge is -2.14. The van der Waals surface area contributed by atoms with E-state index in [0.717, 1.165) is 33.5 Å². The zero-order valence-electron chi connectivity index (χ0n) is 13.5. The normalized spacial score (nSPS) is 12.1. The number of nitrogens with one attached hydrogen (secondary N) is 1. The van der Waals surface area contributed by atoms with Gasteiger partial charge in [0.25, 0.3) is 0 Å². The number of aromatic nitrogens is 1. The van der Waals surface area contributed by atoms with Gasteiger partial charge in [0.15, 0.2) is 0 Å². The smallest absolute Gasteiger partial charge is 0.214 e. The molecule has 0 aliphatic rings. The van der Waals surface area contributed by atoms with E-state index in [4.69, 9.17) is 9.47 Å². The molecule has 24 heavy (non-hydrogen) atoms. The van der Waals surface area contributed by atoms with Crippen LogP contribution in [0.2, 0.25) is 0 Å². The third kappa shape index (κ3) is 3.03. The molecule has 0 amide bonds. The van der Waals surface area contributed by atoms with Crippen molar-refractivity contribution in [1.82, 2.24) is 4.98 Å². The highest BCUT2D eigenvalue weighted by molar-refractivity contribution is 5.85. The molecule has 0 radical (unpaired) electrons. The minimum Gasteiger partial charge on any atom is -0.497 e. The van der Waals surface area contributed by atoms with Crippen LogP contribution in [0.3, 0.4) is 0 Å². The zero-order chi connectivity index (χ0) is 17.1. The molecule has 6 heteroatoms. The number of nitrogens with zero attached hydrogens (tertiary/aromatic N) is 1. The molecule has 1 aromatic heterocycles. The summed E-state index contributed by atoms with van der Waals surface area (Å²) < 4.78 is 10.4. The fraction of sp³-hybridized carbons (Fsp3) is 0.222. The first kappa shape index (κ1) is 15.9. The Kier molecular flexibility index (Phi) is 4.37. The molecule has 6 nitrogen and oxygen atoms in total. The average molecular weight is 326 g/mol. The minimum atomic E-state index is -0.355. The van der Waals surface area contributed by atoms with Gasteiger partial charge in [0.2, 0.25) is 6.54 Å². The molecule has 1 N–H and O–H groups in total. The van der Waals surface area contributed by atoms with E-state index in [-0.39, 0.29) is 17.4 Å². The Morgan fingerprint density at radius 3 is 2.38 bits per heavy atom. The summed E-state index contributed by atoms with van der Waals surface area (Å²) in [7, 11) is 3.20. The van der Waals surface area contributed by atoms with Gasteiger partial charge in [-0.1, -0.05) is 12.1 Å². The van der Waals surface area contributed by atoms with Gasteiger partial charge in [-0.05, 0) is 41.5 Å². The van der Waals surface area contributed by atoms with Crippen molar-refractivity contribution in [2.75, 3.05) is 20.8 Å². The number of H-pyrrole nitrogens is 1. The van der Waals surface area contributed by atoms with Gasteiger partial charge >= 0.3 is 0 Å². The van der Waals surface area contributed by atoms with Crippen LogP contribution in [0, 0.1) is 10.1 Å². The van der Waals surface area contributed by atoms with Crippen LogP contribution in [0.1, 0.15) is 17.0 Å². The van der Waals surface area contributed by atoms with Crippen LogP contribution in [0.25, 0.3) is 10.9 Å². The van der Waals surface area contributed by atoms with E-state index in [9.17, 15) is 10.1 Å². The van der Waals surface area contributed by atoms with E-state index < -0.39 is 0 Å². The summed E-state index contributed by atoms with van der Waals surface area (Å²) in [5.41, 5.74) is 2.68. The number of methoxy groups -OCH3 is 2. The highest BCUT2D eigenvalue weighted by atomic mass is 16.6. The quantitative estimate of drug-likeness (QED) is 0.554. The van der Waals surface area contributed by atoms with Crippen molar-refractivity contribution >= 4 is 10.9 Å². The second-order valence-corrected chi connectivity index (χ2v) is 5.50. The maximum Gasteiger partial charge on any atom is 0.214 e. The highest BCUT2D eigenvalue weighted by Gasteiger charge is 2.23. The monoisotopic (exact) mass is 326 g/mol. The first-order valence-corrected chi connectivity index (χ1v) is 7.53. The van der Waals surface area contributed by atoms with Crippen molar-refractivity contribution in [3.63, 3.8) is 0 Å². The zero-order valence-corrected chi connectivity index (χ0v) is 13.5. The number of nitro groups is 1. The number of rotatable bonds is 6. The van der Waals surface area contributed by atoms with Gasteiger partial charge in [0.1, 0.15) is 11.5 Å². The molecule has 1 heterocycles. The summed E-state index contributed by atoms with van der Waals surface area (Å²) in [6.45, 7) is -0.184. The molecular weight excluding hydrogens is 308 g/mol. The van der Waals surface area contributed by atoms with E-state index >= 15 is 0 Å². The predicted octanol–water partition coefficient (Wildman–Crippen LogP) is 3.59. The molecule has 0 saturated heterocycles. The first-order chi connectivity index (χ1) is 11.6. The van der Waals surface area contributed by atoms with Crippen molar-refractivity contribution in [3.8, 4) is 11.5 Å². The predicted molar refractivity (Wildman–Crippen MR) is 91.5 cm³/mol. The lowest BCUT2D eigenvalue weighted by molar-refractivity contribution is -0.481. The molecule has 124 valence electrons. The van der Waals surface area contributed by atoms with Crippen LogP contribution in [0.5, 0.6) is 11.5 Å².